The van der Waals surface area contributed by atoms with E-state index in [4.69, 9.17) is 10.5 Å². The molecule has 0 spiro atoms. The Balaban J connectivity index is 2.46. The summed E-state index contributed by atoms with van der Waals surface area (Å²) in [6, 6.07) is 5.20. The second kappa shape index (κ2) is 8.53. The molecule has 0 bridgehead atoms. The van der Waals surface area contributed by atoms with Gasteiger partial charge in [-0.3, -0.25) is 4.79 Å². The van der Waals surface area contributed by atoms with Crippen molar-refractivity contribution in [1.82, 2.24) is 5.32 Å². The second-order valence-electron chi connectivity index (χ2n) is 4.49. The first-order valence-electron chi connectivity index (χ1n) is 6.95. The van der Waals surface area contributed by atoms with Crippen molar-refractivity contribution in [3.63, 3.8) is 0 Å². The third kappa shape index (κ3) is 5.30. The van der Waals surface area contributed by atoms with Crippen LogP contribution in [0.25, 0.3) is 0 Å². The Morgan fingerprint density at radius 2 is 2.11 bits per heavy atom. The summed E-state index contributed by atoms with van der Waals surface area (Å²) in [5.41, 5.74) is 6.98. The van der Waals surface area contributed by atoms with E-state index < -0.39 is 0 Å². The van der Waals surface area contributed by atoms with Crippen molar-refractivity contribution in [3.05, 3.63) is 23.8 Å². The summed E-state index contributed by atoms with van der Waals surface area (Å²) in [5.74, 6) is 0.696. The summed E-state index contributed by atoms with van der Waals surface area (Å²) in [4.78, 5) is 11.9. The molecule has 3 N–H and O–H groups in total. The lowest BCUT2D eigenvalue weighted by molar-refractivity contribution is 0.0991. The summed E-state index contributed by atoms with van der Waals surface area (Å²) in [7, 11) is 0. The quantitative estimate of drug-likeness (QED) is 0.409. The maximum Gasteiger partial charge on any atom is 0.176 e. The van der Waals surface area contributed by atoms with E-state index in [1.165, 1.54) is 12.8 Å². The number of anilines is 1. The summed E-state index contributed by atoms with van der Waals surface area (Å²) in [5, 5.41) is 3.16. The van der Waals surface area contributed by atoms with Crippen molar-refractivity contribution in [1.29, 1.82) is 0 Å². The molecule has 1 rings (SSSR count). The molecule has 0 atom stereocenters. The average molecular weight is 264 g/mol. The van der Waals surface area contributed by atoms with E-state index in [1.54, 1.807) is 18.2 Å². The number of nitrogens with one attached hydrogen (secondary N) is 1. The minimum atomic E-state index is 0.0613. The molecule has 1 aromatic rings. The van der Waals surface area contributed by atoms with Crippen LogP contribution in [0.5, 0.6) is 5.75 Å². The molecule has 106 valence electrons. The van der Waals surface area contributed by atoms with Crippen molar-refractivity contribution in [2.75, 3.05) is 25.4 Å². The van der Waals surface area contributed by atoms with Gasteiger partial charge in [0.25, 0.3) is 0 Å². The van der Waals surface area contributed by atoms with Gasteiger partial charge in [0.05, 0.1) is 18.8 Å². The zero-order valence-corrected chi connectivity index (χ0v) is 11.9. The van der Waals surface area contributed by atoms with E-state index >= 15 is 0 Å². The fourth-order valence-corrected chi connectivity index (χ4v) is 1.81. The Bertz CT molecular complexity index is 405. The molecule has 0 aliphatic carbocycles. The van der Waals surface area contributed by atoms with Gasteiger partial charge in [0.1, 0.15) is 5.75 Å². The van der Waals surface area contributed by atoms with Crippen molar-refractivity contribution in [2.24, 2.45) is 0 Å². The molecule has 0 saturated carbocycles. The number of benzene rings is 1. The molecule has 0 unspecified atom stereocenters. The van der Waals surface area contributed by atoms with Crippen LogP contribution in [0.3, 0.4) is 0 Å². The van der Waals surface area contributed by atoms with E-state index in [0.717, 1.165) is 13.0 Å². The number of rotatable bonds is 9. The number of ether oxygens (including phenoxy) is 1. The second-order valence-corrected chi connectivity index (χ2v) is 4.49. The van der Waals surface area contributed by atoms with Crippen molar-refractivity contribution >= 4 is 11.5 Å². The SMILES string of the molecule is CCCCCNCC(=O)c1ccc(OCC)c(N)c1. The van der Waals surface area contributed by atoms with Gasteiger partial charge in [-0.1, -0.05) is 19.8 Å². The summed E-state index contributed by atoms with van der Waals surface area (Å²) in [6.07, 6.45) is 3.48. The molecule has 19 heavy (non-hydrogen) atoms. The molecule has 0 amide bonds. The van der Waals surface area contributed by atoms with Gasteiger partial charge in [-0.05, 0) is 38.1 Å². The highest BCUT2D eigenvalue weighted by Gasteiger charge is 2.08. The lowest BCUT2D eigenvalue weighted by Gasteiger charge is -2.09. The first-order valence-corrected chi connectivity index (χ1v) is 6.95. The number of Topliss-reactive ketones (excluding diaryl/α,β-unsaturated/α-hetero) is 1. The number of hydrogen-bond donors (Lipinski definition) is 2. The highest BCUT2D eigenvalue weighted by Crippen LogP contribution is 2.22. The van der Waals surface area contributed by atoms with Crippen LogP contribution in [0.1, 0.15) is 43.5 Å². The van der Waals surface area contributed by atoms with Crippen molar-refractivity contribution < 1.29 is 9.53 Å². The van der Waals surface area contributed by atoms with Crippen LogP contribution in [0.2, 0.25) is 0 Å². The van der Waals surface area contributed by atoms with Crippen LogP contribution in [0, 0.1) is 0 Å². The van der Waals surface area contributed by atoms with Gasteiger partial charge in [0.15, 0.2) is 5.78 Å². The zero-order valence-electron chi connectivity index (χ0n) is 11.9. The number of nitrogen functional groups attached to an aromatic ring is 1. The number of carbonyl (C=O) groups is 1. The molecule has 0 heterocycles. The van der Waals surface area contributed by atoms with Gasteiger partial charge in [-0.2, -0.15) is 0 Å². The zero-order chi connectivity index (χ0) is 14.1. The molecular weight excluding hydrogens is 240 g/mol. The standard InChI is InChI=1S/C15H24N2O2/c1-3-5-6-9-17-11-14(18)12-7-8-15(19-4-2)13(16)10-12/h7-8,10,17H,3-6,9,11,16H2,1-2H3. The van der Waals surface area contributed by atoms with Crippen LogP contribution >= 0.6 is 0 Å². The van der Waals surface area contributed by atoms with Crippen molar-refractivity contribution in [3.8, 4) is 5.75 Å². The molecule has 0 radical (unpaired) electrons. The van der Waals surface area contributed by atoms with E-state index in [0.29, 0.717) is 30.2 Å². The van der Waals surface area contributed by atoms with Gasteiger partial charge in [0, 0.05) is 5.56 Å². The fourth-order valence-electron chi connectivity index (χ4n) is 1.81. The highest BCUT2D eigenvalue weighted by molar-refractivity contribution is 5.98. The summed E-state index contributed by atoms with van der Waals surface area (Å²) < 4.78 is 5.34. The Kier molecular flexibility index (Phi) is 6.97. The summed E-state index contributed by atoms with van der Waals surface area (Å²) in [6.45, 7) is 5.87. The Morgan fingerprint density at radius 3 is 2.74 bits per heavy atom. The van der Waals surface area contributed by atoms with Gasteiger partial charge in [-0.25, -0.2) is 0 Å². The molecule has 1 aromatic carbocycles. The van der Waals surface area contributed by atoms with Gasteiger partial charge in [0.2, 0.25) is 0 Å². The lowest BCUT2D eigenvalue weighted by atomic mass is 10.1. The van der Waals surface area contributed by atoms with E-state index in [2.05, 4.69) is 12.2 Å². The van der Waals surface area contributed by atoms with E-state index in [-0.39, 0.29) is 5.78 Å². The highest BCUT2D eigenvalue weighted by atomic mass is 16.5. The smallest absolute Gasteiger partial charge is 0.176 e. The normalized spacial score (nSPS) is 10.4. The third-order valence-electron chi connectivity index (χ3n) is 2.87. The number of carbonyl (C=O) groups excluding carboxylic acids is 1. The van der Waals surface area contributed by atoms with Crippen LogP contribution in [0.4, 0.5) is 5.69 Å². The molecule has 0 saturated heterocycles. The topological polar surface area (TPSA) is 64.3 Å². The van der Waals surface area contributed by atoms with Crippen LogP contribution in [0.15, 0.2) is 18.2 Å². The van der Waals surface area contributed by atoms with Gasteiger partial charge >= 0.3 is 0 Å². The molecule has 0 aromatic heterocycles. The number of ketones is 1. The average Bonchev–Trinajstić information content (AvgIpc) is 2.41. The van der Waals surface area contributed by atoms with Crippen LogP contribution in [-0.4, -0.2) is 25.5 Å². The molecule has 0 aliphatic heterocycles. The lowest BCUT2D eigenvalue weighted by Crippen LogP contribution is -2.24. The molecular formula is C15H24N2O2. The maximum atomic E-state index is 11.9. The first-order chi connectivity index (χ1) is 9.19. The number of hydrogen-bond acceptors (Lipinski definition) is 4. The van der Waals surface area contributed by atoms with E-state index in [9.17, 15) is 4.79 Å². The Hall–Kier alpha value is -1.55. The Labute approximate surface area is 115 Å². The maximum absolute atomic E-state index is 11.9. The molecule has 4 nitrogen and oxygen atoms in total. The molecule has 0 aliphatic rings. The monoisotopic (exact) mass is 264 g/mol. The van der Waals surface area contributed by atoms with Crippen LogP contribution in [-0.2, 0) is 0 Å². The van der Waals surface area contributed by atoms with Gasteiger partial charge < -0.3 is 15.8 Å². The minimum Gasteiger partial charge on any atom is -0.492 e. The van der Waals surface area contributed by atoms with Crippen molar-refractivity contribution in [2.45, 2.75) is 33.1 Å². The largest absolute Gasteiger partial charge is 0.492 e. The first kappa shape index (κ1) is 15.5. The fraction of sp³-hybridized carbons (Fsp3) is 0.533. The van der Waals surface area contributed by atoms with E-state index in [1.807, 2.05) is 6.92 Å². The predicted octanol–water partition coefficient (Wildman–Crippen LogP) is 2.63. The van der Waals surface area contributed by atoms with Crippen LogP contribution < -0.4 is 15.8 Å². The molecule has 4 heteroatoms. The predicted molar refractivity (Wildman–Crippen MR) is 78.7 cm³/mol. The summed E-state index contributed by atoms with van der Waals surface area (Å²) >= 11 is 0. The Morgan fingerprint density at radius 1 is 1.32 bits per heavy atom. The number of unbranched alkanes of at least 4 members (excludes halogenated alkanes) is 2. The van der Waals surface area contributed by atoms with Gasteiger partial charge in [-0.15, -0.1) is 0 Å². The third-order valence-corrected chi connectivity index (χ3v) is 2.87. The number of nitrogens with two attached hydrogens (primary N) is 1. The molecule has 0 fully saturated rings. The minimum absolute atomic E-state index is 0.0613.